The second kappa shape index (κ2) is 7.64. The van der Waals surface area contributed by atoms with Crippen LogP contribution in [0.4, 0.5) is 0 Å². The molecule has 1 unspecified atom stereocenters. The molecule has 0 radical (unpaired) electrons. The van der Waals surface area contributed by atoms with E-state index in [1.54, 1.807) is 18.1 Å². The van der Waals surface area contributed by atoms with Crippen LogP contribution in [0.5, 0.6) is 5.75 Å². The molecule has 1 heterocycles. The van der Waals surface area contributed by atoms with Crippen molar-refractivity contribution in [2.24, 2.45) is 5.16 Å². The van der Waals surface area contributed by atoms with Gasteiger partial charge in [-0.05, 0) is 29.8 Å². The number of hydrogen-bond donors (Lipinski definition) is 0. The molecule has 118 valence electrons. The number of carbonyl (C=O) groups excluding carboxylic acids is 1. The average Bonchev–Trinajstić information content (AvgIpc) is 3.02. The van der Waals surface area contributed by atoms with E-state index in [9.17, 15) is 4.79 Å². The maximum atomic E-state index is 11.9. The summed E-state index contributed by atoms with van der Waals surface area (Å²) in [5.74, 6) is 0.909. The van der Waals surface area contributed by atoms with Gasteiger partial charge in [-0.1, -0.05) is 18.2 Å². The van der Waals surface area contributed by atoms with Crippen LogP contribution in [-0.4, -0.2) is 42.8 Å². The lowest BCUT2D eigenvalue weighted by molar-refractivity contribution is -0.132. The summed E-state index contributed by atoms with van der Waals surface area (Å²) < 4.78 is 5.15. The van der Waals surface area contributed by atoms with E-state index < -0.39 is 0 Å². The zero-order chi connectivity index (χ0) is 15.9. The van der Waals surface area contributed by atoms with Gasteiger partial charge in [-0.25, -0.2) is 0 Å². The van der Waals surface area contributed by atoms with Gasteiger partial charge in [0, 0.05) is 19.4 Å². The zero-order valence-electron chi connectivity index (χ0n) is 13.1. The summed E-state index contributed by atoms with van der Waals surface area (Å²) in [5.41, 5.74) is 1.91. The average molecular weight is 302 g/mol. The fourth-order valence-electron chi connectivity index (χ4n) is 2.38. The molecule has 1 aliphatic heterocycles. The van der Waals surface area contributed by atoms with Crippen molar-refractivity contribution in [1.82, 2.24) is 4.90 Å². The van der Waals surface area contributed by atoms with Gasteiger partial charge in [0.15, 0.2) is 6.10 Å². The minimum absolute atomic E-state index is 0.0985. The monoisotopic (exact) mass is 302 g/mol. The van der Waals surface area contributed by atoms with E-state index in [-0.39, 0.29) is 12.0 Å². The molecule has 1 atom stereocenters. The number of hydrogen-bond acceptors (Lipinski definition) is 4. The highest BCUT2D eigenvalue weighted by atomic mass is 16.6. The maximum absolute atomic E-state index is 11.9. The van der Waals surface area contributed by atoms with Gasteiger partial charge in [0.05, 0.1) is 19.4 Å². The van der Waals surface area contributed by atoms with E-state index in [2.05, 4.69) is 11.7 Å². The van der Waals surface area contributed by atoms with E-state index >= 15 is 0 Å². The summed E-state index contributed by atoms with van der Waals surface area (Å²) in [7, 11) is 1.64. The molecule has 0 bridgehead atoms. The van der Waals surface area contributed by atoms with Crippen LogP contribution in [-0.2, 0) is 9.63 Å². The van der Waals surface area contributed by atoms with Crippen LogP contribution in [0.2, 0.25) is 0 Å². The van der Waals surface area contributed by atoms with Crippen molar-refractivity contribution >= 4 is 11.6 Å². The highest BCUT2D eigenvalue weighted by Gasteiger charge is 2.25. The topological polar surface area (TPSA) is 51.1 Å². The number of carbonyl (C=O) groups is 1. The van der Waals surface area contributed by atoms with E-state index in [4.69, 9.17) is 9.57 Å². The van der Waals surface area contributed by atoms with E-state index in [1.807, 2.05) is 31.2 Å². The quantitative estimate of drug-likeness (QED) is 0.728. The molecule has 1 aromatic carbocycles. The van der Waals surface area contributed by atoms with Crippen LogP contribution in [0.15, 0.2) is 42.1 Å². The van der Waals surface area contributed by atoms with Gasteiger partial charge in [-0.3, -0.25) is 4.79 Å². The lowest BCUT2D eigenvalue weighted by Gasteiger charge is -2.22. The Bertz CT molecular complexity index is 552. The molecule has 2 rings (SSSR count). The summed E-state index contributed by atoms with van der Waals surface area (Å²) in [6.45, 7) is 6.61. The molecule has 0 fully saturated rings. The van der Waals surface area contributed by atoms with Crippen molar-refractivity contribution < 1.29 is 14.4 Å². The van der Waals surface area contributed by atoms with Crippen molar-refractivity contribution in [2.45, 2.75) is 25.9 Å². The third-order valence-corrected chi connectivity index (χ3v) is 3.58. The Hall–Kier alpha value is -2.30. The molecule has 1 aromatic rings. The lowest BCUT2D eigenvalue weighted by atomic mass is 10.0. The molecule has 5 heteroatoms. The minimum atomic E-state index is -0.104. The second-order valence-corrected chi connectivity index (χ2v) is 5.14. The van der Waals surface area contributed by atoms with E-state index in [1.165, 1.54) is 0 Å². The highest BCUT2D eigenvalue weighted by Crippen LogP contribution is 2.20. The molecule has 0 aliphatic carbocycles. The number of methoxy groups -OCH3 is 1. The van der Waals surface area contributed by atoms with Gasteiger partial charge < -0.3 is 14.5 Å². The number of ether oxygens (including phenoxy) is 1. The van der Waals surface area contributed by atoms with Gasteiger partial charge in [0.2, 0.25) is 5.91 Å². The van der Waals surface area contributed by atoms with Gasteiger partial charge in [0.25, 0.3) is 0 Å². The molecular formula is C17H22N2O3. The molecule has 0 spiro atoms. The second-order valence-electron chi connectivity index (χ2n) is 5.14. The number of oxime groups is 1. The normalized spacial score (nSPS) is 16.6. The van der Waals surface area contributed by atoms with Crippen LogP contribution in [0.25, 0.3) is 0 Å². The van der Waals surface area contributed by atoms with Gasteiger partial charge in [0.1, 0.15) is 5.75 Å². The van der Waals surface area contributed by atoms with Crippen molar-refractivity contribution in [3.63, 3.8) is 0 Å². The number of benzene rings is 1. The summed E-state index contributed by atoms with van der Waals surface area (Å²) in [6, 6.07) is 7.72. The molecule has 0 aromatic heterocycles. The minimum Gasteiger partial charge on any atom is -0.497 e. The lowest BCUT2D eigenvalue weighted by Crippen LogP contribution is -2.37. The van der Waals surface area contributed by atoms with Crippen LogP contribution in [0, 0.1) is 0 Å². The molecule has 22 heavy (non-hydrogen) atoms. The SMILES string of the molecule is C=CCN(CC1CC(c2ccc(OC)cc2)=NO1)C(=O)CC. The van der Waals surface area contributed by atoms with Crippen LogP contribution >= 0.6 is 0 Å². The first-order valence-electron chi connectivity index (χ1n) is 7.43. The number of rotatable bonds is 7. The highest BCUT2D eigenvalue weighted by molar-refractivity contribution is 6.01. The summed E-state index contributed by atoms with van der Waals surface area (Å²) >= 11 is 0. The van der Waals surface area contributed by atoms with Crippen molar-refractivity contribution in [3.8, 4) is 5.75 Å². The first-order chi connectivity index (χ1) is 10.7. The standard InChI is InChI=1S/C17H22N2O3/c1-4-10-19(17(20)5-2)12-15-11-16(18-22-15)13-6-8-14(21-3)9-7-13/h4,6-9,15H,1,5,10-12H2,2-3H3. The molecule has 1 aliphatic rings. The Morgan fingerprint density at radius 2 is 2.23 bits per heavy atom. The molecule has 0 N–H and O–H groups in total. The Balaban J connectivity index is 1.95. The number of nitrogens with zero attached hydrogens (tertiary/aromatic N) is 2. The molecular weight excluding hydrogens is 280 g/mol. The predicted octanol–water partition coefficient (Wildman–Crippen LogP) is 2.61. The third-order valence-electron chi connectivity index (χ3n) is 3.58. The molecule has 1 amide bonds. The van der Waals surface area contributed by atoms with E-state index in [0.717, 1.165) is 17.0 Å². The van der Waals surface area contributed by atoms with Crippen molar-refractivity contribution in [3.05, 3.63) is 42.5 Å². The van der Waals surface area contributed by atoms with Gasteiger partial charge in [-0.15, -0.1) is 6.58 Å². The van der Waals surface area contributed by atoms with Gasteiger partial charge >= 0.3 is 0 Å². The smallest absolute Gasteiger partial charge is 0.222 e. The predicted molar refractivity (Wildman–Crippen MR) is 86.1 cm³/mol. The summed E-state index contributed by atoms with van der Waals surface area (Å²) in [6.07, 6.45) is 2.80. The van der Waals surface area contributed by atoms with E-state index in [0.29, 0.717) is 25.9 Å². The molecule has 0 saturated carbocycles. The zero-order valence-corrected chi connectivity index (χ0v) is 13.1. The summed E-state index contributed by atoms with van der Waals surface area (Å²) in [5, 5.41) is 4.15. The largest absolute Gasteiger partial charge is 0.497 e. The fourth-order valence-corrected chi connectivity index (χ4v) is 2.38. The molecule has 5 nitrogen and oxygen atoms in total. The Kier molecular flexibility index (Phi) is 5.58. The van der Waals surface area contributed by atoms with Crippen molar-refractivity contribution in [2.75, 3.05) is 20.2 Å². The first-order valence-corrected chi connectivity index (χ1v) is 7.43. The van der Waals surface area contributed by atoms with Crippen LogP contribution in [0.1, 0.15) is 25.3 Å². The Morgan fingerprint density at radius 1 is 1.50 bits per heavy atom. The van der Waals surface area contributed by atoms with Gasteiger partial charge in [-0.2, -0.15) is 0 Å². The Labute approximate surface area is 131 Å². The van der Waals surface area contributed by atoms with Crippen molar-refractivity contribution in [1.29, 1.82) is 0 Å². The number of amides is 1. The van der Waals surface area contributed by atoms with Crippen LogP contribution in [0.3, 0.4) is 0 Å². The third kappa shape index (κ3) is 3.87. The Morgan fingerprint density at radius 3 is 2.82 bits per heavy atom. The summed E-state index contributed by atoms with van der Waals surface area (Å²) in [4.78, 5) is 19.1. The first kappa shape index (κ1) is 16.1. The fraction of sp³-hybridized carbons (Fsp3) is 0.412. The molecule has 0 saturated heterocycles. The maximum Gasteiger partial charge on any atom is 0.222 e. The van der Waals surface area contributed by atoms with Crippen LogP contribution < -0.4 is 4.74 Å².